The van der Waals surface area contributed by atoms with Gasteiger partial charge in [0.1, 0.15) is 5.54 Å². The highest BCUT2D eigenvalue weighted by Crippen LogP contribution is 2.26. The second-order valence-electron chi connectivity index (χ2n) is 5.11. The van der Waals surface area contributed by atoms with E-state index in [9.17, 15) is 10.1 Å². The molecular weight excluding hydrogens is 200 g/mol. The van der Waals surface area contributed by atoms with Gasteiger partial charge in [0.05, 0.1) is 6.07 Å². The van der Waals surface area contributed by atoms with E-state index in [1.165, 1.54) is 19.3 Å². The van der Waals surface area contributed by atoms with Crippen LogP contribution in [0.5, 0.6) is 0 Å². The Balaban J connectivity index is 2.66. The first-order valence-corrected chi connectivity index (χ1v) is 6.33. The van der Waals surface area contributed by atoms with Gasteiger partial charge < -0.3 is 5.32 Å². The van der Waals surface area contributed by atoms with Crippen molar-refractivity contribution in [1.29, 1.82) is 5.26 Å². The van der Waals surface area contributed by atoms with Crippen LogP contribution in [0.1, 0.15) is 58.8 Å². The smallest absolute Gasteiger partial charge is 0.223 e. The third-order valence-corrected chi connectivity index (χ3v) is 3.31. The van der Waals surface area contributed by atoms with Crippen molar-refractivity contribution in [2.45, 2.75) is 64.3 Å². The molecule has 0 heterocycles. The van der Waals surface area contributed by atoms with Gasteiger partial charge >= 0.3 is 0 Å². The minimum atomic E-state index is -0.595. The van der Waals surface area contributed by atoms with Crippen molar-refractivity contribution >= 4 is 5.91 Å². The number of carbonyl (C=O) groups is 1. The highest BCUT2D eigenvalue weighted by Gasteiger charge is 2.32. The lowest BCUT2D eigenvalue weighted by molar-refractivity contribution is -0.125. The second-order valence-corrected chi connectivity index (χ2v) is 5.11. The third-order valence-electron chi connectivity index (χ3n) is 3.31. The number of rotatable bonds is 2. The fraction of sp³-hybridized carbons (Fsp3) is 0.846. The fourth-order valence-corrected chi connectivity index (χ4v) is 2.15. The zero-order chi connectivity index (χ0) is 12.0. The summed E-state index contributed by atoms with van der Waals surface area (Å²) in [5.74, 6) is -0.0437. The average molecular weight is 222 g/mol. The van der Waals surface area contributed by atoms with Crippen LogP contribution >= 0.6 is 0 Å². The maximum Gasteiger partial charge on any atom is 0.223 e. The van der Waals surface area contributed by atoms with Crippen molar-refractivity contribution < 1.29 is 4.79 Å². The molecule has 1 amide bonds. The van der Waals surface area contributed by atoms with E-state index in [-0.39, 0.29) is 11.8 Å². The lowest BCUT2D eigenvalue weighted by Gasteiger charge is -2.30. The Bertz CT molecular complexity index is 270. The molecule has 0 saturated heterocycles. The molecule has 1 aliphatic carbocycles. The average Bonchev–Trinajstić information content (AvgIpc) is 2.22. The normalized spacial score (nSPS) is 20.6. The molecule has 0 aromatic heterocycles. The minimum Gasteiger partial charge on any atom is -0.338 e. The molecule has 16 heavy (non-hydrogen) atoms. The fourth-order valence-electron chi connectivity index (χ4n) is 2.15. The van der Waals surface area contributed by atoms with E-state index in [1.807, 2.05) is 13.8 Å². The van der Waals surface area contributed by atoms with Crippen LogP contribution in [0, 0.1) is 17.2 Å². The summed E-state index contributed by atoms with van der Waals surface area (Å²) < 4.78 is 0. The van der Waals surface area contributed by atoms with Crippen LogP contribution in [0.3, 0.4) is 0 Å². The van der Waals surface area contributed by atoms with Crippen molar-refractivity contribution in [2.75, 3.05) is 0 Å². The van der Waals surface area contributed by atoms with E-state index < -0.39 is 5.54 Å². The Morgan fingerprint density at radius 1 is 1.19 bits per heavy atom. The largest absolute Gasteiger partial charge is 0.338 e. The Labute approximate surface area is 98.2 Å². The number of nitriles is 1. The number of hydrogen-bond acceptors (Lipinski definition) is 2. The first-order chi connectivity index (χ1) is 7.59. The molecule has 3 nitrogen and oxygen atoms in total. The minimum absolute atomic E-state index is 0.00197. The monoisotopic (exact) mass is 222 g/mol. The Morgan fingerprint density at radius 3 is 2.12 bits per heavy atom. The standard InChI is InChI=1S/C13H22N2O/c1-11(2)12(16)15-13(10-14)8-6-4-3-5-7-9-13/h11H,3-9H2,1-2H3,(H,15,16). The van der Waals surface area contributed by atoms with Crippen molar-refractivity contribution in [3.05, 3.63) is 0 Å². The van der Waals surface area contributed by atoms with Crippen LogP contribution in [0.4, 0.5) is 0 Å². The van der Waals surface area contributed by atoms with Crippen LogP contribution in [-0.4, -0.2) is 11.4 Å². The summed E-state index contributed by atoms with van der Waals surface area (Å²) >= 11 is 0. The van der Waals surface area contributed by atoms with Crippen LogP contribution in [0.25, 0.3) is 0 Å². The van der Waals surface area contributed by atoms with Gasteiger partial charge in [0.2, 0.25) is 5.91 Å². The Hall–Kier alpha value is -1.04. The molecule has 0 radical (unpaired) electrons. The number of carbonyl (C=O) groups excluding carboxylic acids is 1. The van der Waals surface area contributed by atoms with Gasteiger partial charge in [0.25, 0.3) is 0 Å². The molecule has 0 aromatic carbocycles. The van der Waals surface area contributed by atoms with Gasteiger partial charge in [-0.05, 0) is 12.8 Å². The van der Waals surface area contributed by atoms with E-state index >= 15 is 0 Å². The molecule has 1 aliphatic rings. The summed E-state index contributed by atoms with van der Waals surface area (Å²) in [4.78, 5) is 11.7. The molecule has 0 unspecified atom stereocenters. The summed E-state index contributed by atoms with van der Waals surface area (Å²) in [7, 11) is 0. The van der Waals surface area contributed by atoms with E-state index in [2.05, 4.69) is 11.4 Å². The summed E-state index contributed by atoms with van der Waals surface area (Å²) in [6.07, 6.45) is 7.34. The van der Waals surface area contributed by atoms with Gasteiger partial charge in [-0.15, -0.1) is 0 Å². The quantitative estimate of drug-likeness (QED) is 0.781. The zero-order valence-corrected chi connectivity index (χ0v) is 10.4. The van der Waals surface area contributed by atoms with Crippen LogP contribution in [0.2, 0.25) is 0 Å². The van der Waals surface area contributed by atoms with E-state index in [0.717, 1.165) is 25.7 Å². The number of nitrogens with one attached hydrogen (secondary N) is 1. The second kappa shape index (κ2) is 5.89. The topological polar surface area (TPSA) is 52.9 Å². The molecule has 0 spiro atoms. The van der Waals surface area contributed by atoms with E-state index in [4.69, 9.17) is 0 Å². The number of amides is 1. The van der Waals surface area contributed by atoms with Crippen molar-refractivity contribution in [3.63, 3.8) is 0 Å². The zero-order valence-electron chi connectivity index (χ0n) is 10.4. The van der Waals surface area contributed by atoms with Crippen LogP contribution in [-0.2, 0) is 4.79 Å². The van der Waals surface area contributed by atoms with Gasteiger partial charge in [-0.2, -0.15) is 5.26 Å². The van der Waals surface area contributed by atoms with E-state index in [0.29, 0.717) is 0 Å². The van der Waals surface area contributed by atoms with Gasteiger partial charge in [-0.3, -0.25) is 4.79 Å². The van der Waals surface area contributed by atoms with Crippen molar-refractivity contribution in [3.8, 4) is 6.07 Å². The molecule has 0 bridgehead atoms. The summed E-state index contributed by atoms with van der Waals surface area (Å²) in [6.45, 7) is 3.73. The van der Waals surface area contributed by atoms with E-state index in [1.54, 1.807) is 0 Å². The summed E-state index contributed by atoms with van der Waals surface area (Å²) in [5.41, 5.74) is -0.595. The van der Waals surface area contributed by atoms with Crippen LogP contribution in [0.15, 0.2) is 0 Å². The third kappa shape index (κ3) is 3.52. The molecule has 1 N–H and O–H groups in total. The molecule has 3 heteroatoms. The van der Waals surface area contributed by atoms with Gasteiger partial charge in [0, 0.05) is 5.92 Å². The molecule has 0 aromatic rings. The summed E-state index contributed by atoms with van der Waals surface area (Å²) in [6, 6.07) is 2.34. The maximum absolute atomic E-state index is 11.7. The Kier molecular flexibility index (Phi) is 4.79. The van der Waals surface area contributed by atoms with Crippen molar-refractivity contribution in [2.24, 2.45) is 5.92 Å². The molecule has 0 aliphatic heterocycles. The lowest BCUT2D eigenvalue weighted by Crippen LogP contribution is -2.49. The highest BCUT2D eigenvalue weighted by atomic mass is 16.2. The summed E-state index contributed by atoms with van der Waals surface area (Å²) in [5, 5.41) is 12.3. The van der Waals surface area contributed by atoms with Gasteiger partial charge in [0.15, 0.2) is 0 Å². The molecule has 90 valence electrons. The first-order valence-electron chi connectivity index (χ1n) is 6.33. The lowest BCUT2D eigenvalue weighted by atomic mass is 9.84. The SMILES string of the molecule is CC(C)C(=O)NC1(C#N)CCCCCCC1. The van der Waals surface area contributed by atoms with Gasteiger partial charge in [-0.1, -0.05) is 46.0 Å². The van der Waals surface area contributed by atoms with Crippen LogP contribution < -0.4 is 5.32 Å². The predicted molar refractivity (Wildman–Crippen MR) is 63.6 cm³/mol. The first kappa shape index (κ1) is 13.0. The molecule has 1 rings (SSSR count). The maximum atomic E-state index is 11.7. The molecule has 1 fully saturated rings. The highest BCUT2D eigenvalue weighted by molar-refractivity contribution is 5.79. The van der Waals surface area contributed by atoms with Gasteiger partial charge in [-0.25, -0.2) is 0 Å². The number of nitrogens with zero attached hydrogens (tertiary/aromatic N) is 1. The Morgan fingerprint density at radius 2 is 1.69 bits per heavy atom. The number of hydrogen-bond donors (Lipinski definition) is 1. The molecule has 1 saturated carbocycles. The molecular formula is C13H22N2O. The molecule has 0 atom stereocenters. The van der Waals surface area contributed by atoms with Crippen molar-refractivity contribution in [1.82, 2.24) is 5.32 Å². The predicted octanol–water partition coefficient (Wildman–Crippen LogP) is 2.77.